The number of aliphatic carboxylic acids is 1. The van der Waals surface area contributed by atoms with Gasteiger partial charge in [0, 0.05) is 35.8 Å². The maximum Gasteiger partial charge on any atom is 0.327 e. The third-order valence-corrected chi connectivity index (χ3v) is 4.99. The fourth-order valence-corrected chi connectivity index (χ4v) is 3.62. The third-order valence-electron chi connectivity index (χ3n) is 4.99. The number of carbonyl (C=O) groups is 1. The Morgan fingerprint density at radius 1 is 1.03 bits per heavy atom. The Morgan fingerprint density at radius 2 is 1.75 bits per heavy atom. The van der Waals surface area contributed by atoms with E-state index in [4.69, 9.17) is 5.11 Å². The second kappa shape index (κ2) is 9.21. The first-order valence-electron chi connectivity index (χ1n) is 10.00. The molecule has 162 valence electrons. The molecule has 0 saturated carbocycles. The number of anilines is 2. The first-order chi connectivity index (χ1) is 15.5. The van der Waals surface area contributed by atoms with E-state index >= 15 is 0 Å². The van der Waals surface area contributed by atoms with Gasteiger partial charge in [-0.3, -0.25) is 14.9 Å². The van der Waals surface area contributed by atoms with Crippen molar-refractivity contribution in [2.24, 2.45) is 0 Å². The van der Waals surface area contributed by atoms with Crippen molar-refractivity contribution in [1.82, 2.24) is 20.2 Å². The van der Waals surface area contributed by atoms with E-state index in [9.17, 15) is 14.9 Å². The number of hydrogen-bond donors (Lipinski definition) is 1. The first kappa shape index (κ1) is 20.9. The zero-order valence-electron chi connectivity index (χ0n) is 17.0. The highest BCUT2D eigenvalue weighted by molar-refractivity contribution is 6.01. The van der Waals surface area contributed by atoms with Crippen molar-refractivity contribution in [2.75, 3.05) is 11.4 Å². The van der Waals surface area contributed by atoms with Crippen molar-refractivity contribution < 1.29 is 14.8 Å². The number of carboxylic acids is 1. The molecule has 0 saturated heterocycles. The molecule has 0 fully saturated rings. The van der Waals surface area contributed by atoms with Crippen molar-refractivity contribution in [2.45, 2.75) is 19.4 Å². The van der Waals surface area contributed by atoms with Gasteiger partial charge < -0.3 is 10.0 Å². The van der Waals surface area contributed by atoms with Gasteiger partial charge in [-0.25, -0.2) is 0 Å². The molecule has 0 aliphatic heterocycles. The Balaban J connectivity index is 1.63. The van der Waals surface area contributed by atoms with Gasteiger partial charge in [0.25, 0.3) is 5.69 Å². The number of para-hydroxylation sites is 1. The zero-order chi connectivity index (χ0) is 22.5. The van der Waals surface area contributed by atoms with Crippen LogP contribution >= 0.6 is 0 Å². The molecule has 0 spiro atoms. The number of nitro benzene ring substituents is 1. The van der Waals surface area contributed by atoms with E-state index in [0.29, 0.717) is 30.6 Å². The lowest BCUT2D eigenvalue weighted by molar-refractivity contribution is -0.383. The smallest absolute Gasteiger partial charge is 0.327 e. The SMILES string of the molecule is O=C(O)Cn1nnc(CCCN(c2ccccc2)c2ccc([N+](=O)[O-])c3ccccc23)n1. The van der Waals surface area contributed by atoms with Crippen LogP contribution in [0.15, 0.2) is 66.7 Å². The molecule has 1 N–H and O–H groups in total. The van der Waals surface area contributed by atoms with Crippen LogP contribution in [0.25, 0.3) is 10.8 Å². The minimum absolute atomic E-state index is 0.0663. The van der Waals surface area contributed by atoms with Crippen molar-refractivity contribution in [3.05, 3.63) is 82.7 Å². The number of nitrogens with zero attached hydrogens (tertiary/aromatic N) is 6. The number of aryl methyl sites for hydroxylation is 1. The lowest BCUT2D eigenvalue weighted by atomic mass is 10.0. The number of non-ortho nitro benzene ring substituents is 1. The van der Waals surface area contributed by atoms with Gasteiger partial charge in [0.05, 0.1) is 10.3 Å². The molecule has 10 heteroatoms. The second-order valence-corrected chi connectivity index (χ2v) is 7.13. The number of aromatic nitrogens is 4. The van der Waals surface area contributed by atoms with Gasteiger partial charge in [-0.1, -0.05) is 36.4 Å². The molecule has 4 aromatic rings. The summed E-state index contributed by atoms with van der Waals surface area (Å²) in [5, 5.41) is 33.5. The van der Waals surface area contributed by atoms with Gasteiger partial charge in [-0.05, 0) is 35.9 Å². The van der Waals surface area contributed by atoms with Gasteiger partial charge in [-0.2, -0.15) is 4.80 Å². The van der Waals surface area contributed by atoms with Crippen LogP contribution in [0, 0.1) is 10.1 Å². The predicted molar refractivity (Wildman–Crippen MR) is 118 cm³/mol. The highest BCUT2D eigenvalue weighted by Gasteiger charge is 2.18. The zero-order valence-corrected chi connectivity index (χ0v) is 17.0. The number of tetrazole rings is 1. The molecule has 0 aliphatic rings. The van der Waals surface area contributed by atoms with Crippen LogP contribution in [0.3, 0.4) is 0 Å². The molecule has 4 rings (SSSR count). The van der Waals surface area contributed by atoms with Gasteiger partial charge in [0.1, 0.15) is 0 Å². The van der Waals surface area contributed by atoms with E-state index in [0.717, 1.165) is 21.6 Å². The molecule has 0 aliphatic carbocycles. The van der Waals surface area contributed by atoms with Crippen LogP contribution in [-0.2, 0) is 17.8 Å². The van der Waals surface area contributed by atoms with E-state index in [2.05, 4.69) is 20.3 Å². The molecule has 0 unspecified atom stereocenters. The van der Waals surface area contributed by atoms with Gasteiger partial charge in [-0.15, -0.1) is 10.2 Å². The van der Waals surface area contributed by atoms with E-state index in [1.54, 1.807) is 18.2 Å². The van der Waals surface area contributed by atoms with E-state index in [1.807, 2.05) is 42.5 Å². The van der Waals surface area contributed by atoms with Gasteiger partial charge >= 0.3 is 5.97 Å². The summed E-state index contributed by atoms with van der Waals surface area (Å²) < 4.78 is 0. The van der Waals surface area contributed by atoms with Crippen molar-refractivity contribution in [3.8, 4) is 0 Å². The molecule has 0 radical (unpaired) electrons. The topological polar surface area (TPSA) is 127 Å². The summed E-state index contributed by atoms with van der Waals surface area (Å²) >= 11 is 0. The number of hydrogen-bond acceptors (Lipinski definition) is 7. The summed E-state index contributed by atoms with van der Waals surface area (Å²) in [5.41, 5.74) is 1.88. The van der Waals surface area contributed by atoms with E-state index in [1.165, 1.54) is 6.07 Å². The fraction of sp³-hybridized carbons (Fsp3) is 0.182. The minimum atomic E-state index is -1.03. The number of benzene rings is 3. The maximum absolute atomic E-state index is 11.5. The van der Waals surface area contributed by atoms with Crippen molar-refractivity contribution in [1.29, 1.82) is 0 Å². The average molecular weight is 432 g/mol. The normalized spacial score (nSPS) is 10.9. The van der Waals surface area contributed by atoms with E-state index < -0.39 is 5.97 Å². The van der Waals surface area contributed by atoms with Crippen LogP contribution in [0.2, 0.25) is 0 Å². The summed E-state index contributed by atoms with van der Waals surface area (Å²) in [4.78, 5) is 25.1. The number of carboxylic acid groups (broad SMARTS) is 1. The number of nitro groups is 1. The largest absolute Gasteiger partial charge is 0.480 e. The Morgan fingerprint density at radius 3 is 2.47 bits per heavy atom. The number of rotatable bonds is 9. The van der Waals surface area contributed by atoms with Gasteiger partial charge in [0.15, 0.2) is 12.4 Å². The van der Waals surface area contributed by atoms with Crippen LogP contribution < -0.4 is 4.90 Å². The highest BCUT2D eigenvalue weighted by Crippen LogP contribution is 2.36. The summed E-state index contributed by atoms with van der Waals surface area (Å²) in [6, 6.07) is 20.4. The summed E-state index contributed by atoms with van der Waals surface area (Å²) in [5.74, 6) is -0.568. The molecule has 0 bridgehead atoms. The molecule has 0 atom stereocenters. The average Bonchev–Trinajstić information content (AvgIpc) is 3.23. The maximum atomic E-state index is 11.5. The molecule has 1 aromatic heterocycles. The van der Waals surface area contributed by atoms with Crippen LogP contribution in [0.5, 0.6) is 0 Å². The van der Waals surface area contributed by atoms with E-state index in [-0.39, 0.29) is 17.2 Å². The molecule has 10 nitrogen and oxygen atoms in total. The predicted octanol–water partition coefficient (Wildman–Crippen LogP) is 3.59. The number of fused-ring (bicyclic) bond motifs is 1. The molecular formula is C22H20N6O4. The lowest BCUT2D eigenvalue weighted by Gasteiger charge is -2.26. The monoisotopic (exact) mass is 432 g/mol. The van der Waals surface area contributed by atoms with Crippen molar-refractivity contribution in [3.63, 3.8) is 0 Å². The van der Waals surface area contributed by atoms with Crippen molar-refractivity contribution >= 4 is 33.8 Å². The third kappa shape index (κ3) is 4.53. The van der Waals surface area contributed by atoms with Crippen LogP contribution in [0.1, 0.15) is 12.2 Å². The molecule has 1 heterocycles. The van der Waals surface area contributed by atoms with Crippen LogP contribution in [0.4, 0.5) is 17.1 Å². The summed E-state index contributed by atoms with van der Waals surface area (Å²) in [6.45, 7) is 0.261. The Hall–Kier alpha value is -4.34. The molecular weight excluding hydrogens is 412 g/mol. The first-order valence-corrected chi connectivity index (χ1v) is 10.00. The second-order valence-electron chi connectivity index (χ2n) is 7.13. The quantitative estimate of drug-likeness (QED) is 0.314. The Kier molecular flexibility index (Phi) is 6.02. The Labute approximate surface area is 182 Å². The van der Waals surface area contributed by atoms with Crippen LogP contribution in [-0.4, -0.2) is 42.8 Å². The fourth-order valence-electron chi connectivity index (χ4n) is 3.62. The molecule has 3 aromatic carbocycles. The standard InChI is InChI=1S/C22H20N6O4/c29-22(30)15-27-24-21(23-25-27)11-6-14-26(16-7-2-1-3-8-16)19-12-13-20(28(31)32)18-10-5-4-9-17(18)19/h1-5,7-10,12-13H,6,11,14-15H2,(H,29,30). The molecule has 0 amide bonds. The lowest BCUT2D eigenvalue weighted by Crippen LogP contribution is -2.19. The molecule has 32 heavy (non-hydrogen) atoms. The Bertz CT molecular complexity index is 1260. The summed E-state index contributed by atoms with van der Waals surface area (Å²) in [7, 11) is 0. The highest BCUT2D eigenvalue weighted by atomic mass is 16.6. The van der Waals surface area contributed by atoms with Gasteiger partial charge in [0.2, 0.25) is 0 Å². The summed E-state index contributed by atoms with van der Waals surface area (Å²) in [6.07, 6.45) is 1.17. The minimum Gasteiger partial charge on any atom is -0.480 e.